The summed E-state index contributed by atoms with van der Waals surface area (Å²) in [4.78, 5) is 9.43. The Morgan fingerprint density at radius 2 is 2.28 bits per heavy atom. The topological polar surface area (TPSA) is 128 Å². The van der Waals surface area contributed by atoms with E-state index in [9.17, 15) is 8.42 Å². The van der Waals surface area contributed by atoms with Crippen LogP contribution in [0.3, 0.4) is 0 Å². The standard InChI is InChI=1S/C15H15N7O2S/c16-4-8-25(23,24)21-10-3-7-22(9-10)12-2-6-18-15-13(12)11-1-5-17-14(11)19-20-15/h1-2,5-6,10,21H,3,7-9H2,(H,17,19). The van der Waals surface area contributed by atoms with Crippen molar-refractivity contribution in [3.05, 3.63) is 24.5 Å². The number of fused-ring (bicyclic) bond motifs is 3. The van der Waals surface area contributed by atoms with Gasteiger partial charge in [-0.3, -0.25) is 0 Å². The largest absolute Gasteiger partial charge is 0.369 e. The van der Waals surface area contributed by atoms with Crippen molar-refractivity contribution in [1.29, 1.82) is 5.26 Å². The van der Waals surface area contributed by atoms with Crippen LogP contribution < -0.4 is 9.62 Å². The summed E-state index contributed by atoms with van der Waals surface area (Å²) >= 11 is 0. The molecule has 0 saturated carbocycles. The van der Waals surface area contributed by atoms with Gasteiger partial charge in [-0.2, -0.15) is 5.26 Å². The first-order valence-corrected chi connectivity index (χ1v) is 9.43. The molecule has 2 N–H and O–H groups in total. The molecule has 1 unspecified atom stereocenters. The highest BCUT2D eigenvalue weighted by molar-refractivity contribution is 7.89. The van der Waals surface area contributed by atoms with Crippen molar-refractivity contribution in [2.24, 2.45) is 0 Å². The monoisotopic (exact) mass is 357 g/mol. The first-order valence-electron chi connectivity index (χ1n) is 7.78. The molecule has 0 aromatic carbocycles. The predicted octanol–water partition coefficient (Wildman–Crippen LogP) is 0.528. The maximum absolute atomic E-state index is 11.8. The van der Waals surface area contributed by atoms with E-state index in [1.54, 1.807) is 18.5 Å². The molecule has 0 spiro atoms. The van der Waals surface area contributed by atoms with Crippen molar-refractivity contribution in [2.75, 3.05) is 23.7 Å². The number of aromatic amines is 1. The molecule has 3 aromatic heterocycles. The highest BCUT2D eigenvalue weighted by atomic mass is 32.2. The molecular formula is C15H15N7O2S. The van der Waals surface area contributed by atoms with E-state index in [0.717, 1.165) is 16.5 Å². The predicted molar refractivity (Wildman–Crippen MR) is 92.3 cm³/mol. The van der Waals surface area contributed by atoms with E-state index < -0.39 is 15.8 Å². The van der Waals surface area contributed by atoms with E-state index in [4.69, 9.17) is 5.26 Å². The lowest BCUT2D eigenvalue weighted by molar-refractivity contribution is 0.565. The Hall–Kier alpha value is -2.77. The van der Waals surface area contributed by atoms with E-state index in [0.29, 0.717) is 30.8 Å². The van der Waals surface area contributed by atoms with Crippen LogP contribution in [-0.4, -0.2) is 53.5 Å². The number of hydrogen-bond donors (Lipinski definition) is 2. The summed E-state index contributed by atoms with van der Waals surface area (Å²) in [6.45, 7) is 1.23. The molecule has 4 rings (SSSR count). The number of pyridine rings is 1. The van der Waals surface area contributed by atoms with Crippen LogP contribution in [-0.2, 0) is 10.0 Å². The molecule has 9 nitrogen and oxygen atoms in total. The summed E-state index contributed by atoms with van der Waals surface area (Å²) < 4.78 is 26.2. The zero-order valence-electron chi connectivity index (χ0n) is 13.2. The van der Waals surface area contributed by atoms with Gasteiger partial charge in [-0.05, 0) is 18.6 Å². The minimum atomic E-state index is -3.57. The van der Waals surface area contributed by atoms with Gasteiger partial charge in [0, 0.05) is 36.9 Å². The number of hydrogen-bond acceptors (Lipinski definition) is 7. The van der Waals surface area contributed by atoms with Gasteiger partial charge >= 0.3 is 0 Å². The molecule has 1 fully saturated rings. The maximum Gasteiger partial charge on any atom is 0.225 e. The third-order valence-corrected chi connectivity index (χ3v) is 5.48. The quantitative estimate of drug-likeness (QED) is 0.697. The van der Waals surface area contributed by atoms with Crippen LogP contribution in [0, 0.1) is 11.3 Å². The zero-order valence-corrected chi connectivity index (χ0v) is 14.0. The van der Waals surface area contributed by atoms with Crippen LogP contribution in [0.15, 0.2) is 24.5 Å². The second-order valence-corrected chi connectivity index (χ2v) is 7.69. The first kappa shape index (κ1) is 15.7. The molecule has 3 aromatic rings. The van der Waals surface area contributed by atoms with Crippen molar-refractivity contribution >= 4 is 37.8 Å². The third-order valence-electron chi connectivity index (χ3n) is 4.28. The number of rotatable bonds is 4. The van der Waals surface area contributed by atoms with Gasteiger partial charge in [0.2, 0.25) is 10.0 Å². The average Bonchev–Trinajstić information content (AvgIpc) is 3.22. The normalized spacial score (nSPS) is 18.0. The first-order chi connectivity index (χ1) is 12.1. The van der Waals surface area contributed by atoms with Gasteiger partial charge in [-0.25, -0.2) is 18.1 Å². The summed E-state index contributed by atoms with van der Waals surface area (Å²) in [5.41, 5.74) is 2.19. The van der Waals surface area contributed by atoms with Crippen LogP contribution in [0.1, 0.15) is 6.42 Å². The smallest absolute Gasteiger partial charge is 0.225 e. The molecule has 1 saturated heterocycles. The fourth-order valence-electron chi connectivity index (χ4n) is 3.24. The molecule has 0 amide bonds. The number of anilines is 1. The van der Waals surface area contributed by atoms with Crippen molar-refractivity contribution in [1.82, 2.24) is 24.9 Å². The number of sulfonamides is 1. The summed E-state index contributed by atoms with van der Waals surface area (Å²) in [6, 6.07) is 5.29. The highest BCUT2D eigenvalue weighted by Crippen LogP contribution is 2.31. The van der Waals surface area contributed by atoms with E-state index in [-0.39, 0.29) is 6.04 Å². The van der Waals surface area contributed by atoms with Crippen LogP contribution in [0.25, 0.3) is 22.1 Å². The molecule has 0 bridgehead atoms. The van der Waals surface area contributed by atoms with Gasteiger partial charge in [-0.15, -0.1) is 10.2 Å². The molecule has 10 heteroatoms. The van der Waals surface area contributed by atoms with Crippen molar-refractivity contribution in [2.45, 2.75) is 12.5 Å². The summed E-state index contributed by atoms with van der Waals surface area (Å²) in [6.07, 6.45) is 4.15. The Labute approximate surface area is 143 Å². The Morgan fingerprint density at radius 1 is 1.40 bits per heavy atom. The minimum Gasteiger partial charge on any atom is -0.369 e. The van der Waals surface area contributed by atoms with E-state index in [1.807, 2.05) is 12.1 Å². The van der Waals surface area contributed by atoms with E-state index in [2.05, 4.69) is 29.8 Å². The second kappa shape index (κ2) is 5.94. The van der Waals surface area contributed by atoms with Crippen LogP contribution in [0.5, 0.6) is 0 Å². The molecule has 128 valence electrons. The van der Waals surface area contributed by atoms with Crippen LogP contribution in [0.2, 0.25) is 0 Å². The lowest BCUT2D eigenvalue weighted by Gasteiger charge is -2.20. The molecule has 1 atom stereocenters. The highest BCUT2D eigenvalue weighted by Gasteiger charge is 2.28. The molecule has 1 aliphatic heterocycles. The van der Waals surface area contributed by atoms with Crippen molar-refractivity contribution in [3.8, 4) is 6.07 Å². The second-order valence-electron chi connectivity index (χ2n) is 5.94. The Kier molecular flexibility index (Phi) is 3.74. The van der Waals surface area contributed by atoms with E-state index >= 15 is 0 Å². The Morgan fingerprint density at radius 3 is 3.12 bits per heavy atom. The number of H-pyrrole nitrogens is 1. The maximum atomic E-state index is 11.8. The summed E-state index contributed by atoms with van der Waals surface area (Å²) in [5.74, 6) is -0.527. The fraction of sp³-hybridized carbons (Fsp3) is 0.333. The number of aromatic nitrogens is 4. The lowest BCUT2D eigenvalue weighted by Crippen LogP contribution is -2.38. The zero-order chi connectivity index (χ0) is 17.4. The van der Waals surface area contributed by atoms with Gasteiger partial charge in [0.1, 0.15) is 0 Å². The minimum absolute atomic E-state index is 0.224. The van der Waals surface area contributed by atoms with E-state index in [1.165, 1.54) is 0 Å². The summed E-state index contributed by atoms with van der Waals surface area (Å²) in [7, 11) is -3.57. The lowest BCUT2D eigenvalue weighted by atomic mass is 10.2. The van der Waals surface area contributed by atoms with Gasteiger partial charge in [0.15, 0.2) is 17.0 Å². The van der Waals surface area contributed by atoms with Crippen molar-refractivity contribution < 1.29 is 8.42 Å². The van der Waals surface area contributed by atoms with Crippen molar-refractivity contribution in [3.63, 3.8) is 0 Å². The number of nitriles is 1. The average molecular weight is 357 g/mol. The SMILES string of the molecule is N#CCS(=O)(=O)NC1CCN(c2ccnc3nnc4[nH]ccc4c23)C1. The molecule has 0 radical (unpaired) electrons. The number of nitrogens with zero attached hydrogens (tertiary/aromatic N) is 5. The van der Waals surface area contributed by atoms with Crippen LogP contribution in [0.4, 0.5) is 5.69 Å². The Balaban J connectivity index is 1.67. The van der Waals surface area contributed by atoms with Gasteiger partial charge in [0.25, 0.3) is 0 Å². The molecular weight excluding hydrogens is 342 g/mol. The van der Waals surface area contributed by atoms with Gasteiger partial charge in [0.05, 0.1) is 17.1 Å². The Bertz CT molecular complexity index is 1090. The summed E-state index contributed by atoms with van der Waals surface area (Å²) in [5, 5.41) is 18.7. The van der Waals surface area contributed by atoms with Crippen LogP contribution >= 0.6 is 0 Å². The molecule has 4 heterocycles. The van der Waals surface area contributed by atoms with Gasteiger partial charge in [-0.1, -0.05) is 0 Å². The third kappa shape index (κ3) is 2.88. The molecule has 0 aliphatic carbocycles. The molecule has 25 heavy (non-hydrogen) atoms. The number of nitrogens with one attached hydrogen (secondary N) is 2. The fourth-order valence-corrected chi connectivity index (χ4v) is 4.19. The van der Waals surface area contributed by atoms with Gasteiger partial charge < -0.3 is 9.88 Å². The molecule has 1 aliphatic rings.